The first-order valence-electron chi connectivity index (χ1n) is 7.03. The normalized spacial score (nSPS) is 11.0. The minimum atomic E-state index is -1.65. The van der Waals surface area contributed by atoms with Crippen molar-refractivity contribution in [3.05, 3.63) is 65.7 Å². The quantitative estimate of drug-likeness (QED) is 0.461. The van der Waals surface area contributed by atoms with Crippen LogP contribution in [0.15, 0.2) is 54.6 Å². The van der Waals surface area contributed by atoms with E-state index >= 15 is 0 Å². The van der Waals surface area contributed by atoms with Crippen LogP contribution < -0.4 is 9.47 Å². The Morgan fingerprint density at radius 3 is 2.33 bits per heavy atom. The summed E-state index contributed by atoms with van der Waals surface area (Å²) in [5, 5.41) is 18.5. The van der Waals surface area contributed by atoms with Crippen LogP contribution in [0.5, 0.6) is 11.5 Å². The number of aliphatic carboxylic acids is 1. The summed E-state index contributed by atoms with van der Waals surface area (Å²) in [5.74, 6) is -2.54. The monoisotopic (exact) mass is 328 g/mol. The highest BCUT2D eigenvalue weighted by molar-refractivity contribution is 6.38. The fraction of sp³-hybridized carbons (Fsp3) is 0.111. The van der Waals surface area contributed by atoms with Crippen LogP contribution in [-0.2, 0) is 16.2 Å². The number of carboxylic acids is 1. The number of hydrogen-bond donors (Lipinski definition) is 2. The van der Waals surface area contributed by atoms with Crippen LogP contribution in [0.1, 0.15) is 11.1 Å². The number of carboxylic acid groups (broad SMARTS) is 1. The number of ether oxygens (including phenoxy) is 2. The van der Waals surface area contributed by atoms with Gasteiger partial charge in [-0.05, 0) is 17.7 Å². The van der Waals surface area contributed by atoms with Crippen molar-refractivity contribution < 1.29 is 29.3 Å². The molecule has 2 aromatic rings. The maximum absolute atomic E-state index is 11.2. The molecule has 2 N–H and O–H groups in total. The van der Waals surface area contributed by atoms with Crippen molar-refractivity contribution in [1.82, 2.24) is 0 Å². The Labute approximate surface area is 138 Å². The van der Waals surface area contributed by atoms with E-state index in [0.717, 1.165) is 5.56 Å². The Kier molecular flexibility index (Phi) is 5.57. The first-order chi connectivity index (χ1) is 11.5. The van der Waals surface area contributed by atoms with Gasteiger partial charge in [-0.15, -0.1) is 0 Å². The van der Waals surface area contributed by atoms with Gasteiger partial charge in [-0.25, -0.2) is 4.79 Å². The molecule has 0 amide bonds. The molecule has 0 fully saturated rings. The van der Waals surface area contributed by atoms with E-state index in [0.29, 0.717) is 24.2 Å². The highest BCUT2D eigenvalue weighted by Gasteiger charge is 2.12. The molecule has 24 heavy (non-hydrogen) atoms. The minimum Gasteiger partial charge on any atom is -0.507 e. The van der Waals surface area contributed by atoms with Crippen LogP contribution in [0.25, 0.3) is 5.76 Å². The molecular weight excluding hydrogens is 312 g/mol. The largest absolute Gasteiger partial charge is 0.507 e. The topological polar surface area (TPSA) is 93.1 Å². The molecule has 0 bridgehead atoms. The average molecular weight is 328 g/mol. The predicted molar refractivity (Wildman–Crippen MR) is 87.0 cm³/mol. The molecule has 0 radical (unpaired) electrons. The van der Waals surface area contributed by atoms with E-state index in [2.05, 4.69) is 0 Å². The molecule has 2 aromatic carbocycles. The second kappa shape index (κ2) is 7.82. The smallest absolute Gasteiger partial charge is 0.376 e. The van der Waals surface area contributed by atoms with Gasteiger partial charge in [-0.3, -0.25) is 4.79 Å². The van der Waals surface area contributed by atoms with Gasteiger partial charge in [0, 0.05) is 17.7 Å². The summed E-state index contributed by atoms with van der Waals surface area (Å²) >= 11 is 0. The highest BCUT2D eigenvalue weighted by atomic mass is 16.5. The summed E-state index contributed by atoms with van der Waals surface area (Å²) in [7, 11) is 1.45. The molecule has 0 unspecified atom stereocenters. The van der Waals surface area contributed by atoms with Gasteiger partial charge in [0.1, 0.15) is 23.9 Å². The van der Waals surface area contributed by atoms with Gasteiger partial charge < -0.3 is 19.7 Å². The van der Waals surface area contributed by atoms with Crippen molar-refractivity contribution in [3.8, 4) is 11.5 Å². The predicted octanol–water partition coefficient (Wildman–Crippen LogP) is 2.83. The van der Waals surface area contributed by atoms with E-state index in [9.17, 15) is 14.7 Å². The van der Waals surface area contributed by atoms with Gasteiger partial charge in [0.2, 0.25) is 0 Å². The van der Waals surface area contributed by atoms with Crippen LogP contribution in [0.2, 0.25) is 0 Å². The summed E-state index contributed by atoms with van der Waals surface area (Å²) in [6.45, 7) is 0.311. The van der Waals surface area contributed by atoms with Crippen LogP contribution in [0.4, 0.5) is 0 Å². The summed E-state index contributed by atoms with van der Waals surface area (Å²) < 4.78 is 10.8. The van der Waals surface area contributed by atoms with Crippen molar-refractivity contribution in [2.75, 3.05) is 7.11 Å². The zero-order valence-electron chi connectivity index (χ0n) is 12.9. The first kappa shape index (κ1) is 17.1. The SMILES string of the molecule is COc1cc(OCc2ccccc2)cc(C(O)=CC(=O)C(=O)O)c1. The Morgan fingerprint density at radius 2 is 1.71 bits per heavy atom. The van der Waals surface area contributed by atoms with Gasteiger partial charge in [0.05, 0.1) is 7.11 Å². The summed E-state index contributed by atoms with van der Waals surface area (Å²) in [6, 6.07) is 14.1. The third-order valence-corrected chi connectivity index (χ3v) is 3.14. The van der Waals surface area contributed by atoms with Gasteiger partial charge in [-0.2, -0.15) is 0 Å². The molecule has 0 atom stereocenters. The molecule has 2 rings (SSSR count). The number of rotatable bonds is 7. The van der Waals surface area contributed by atoms with Crippen molar-refractivity contribution >= 4 is 17.5 Å². The summed E-state index contributed by atoms with van der Waals surface area (Å²) in [6.07, 6.45) is 0.637. The molecule has 0 aliphatic carbocycles. The van der Waals surface area contributed by atoms with Gasteiger partial charge in [0.25, 0.3) is 5.78 Å². The lowest BCUT2D eigenvalue weighted by Crippen LogP contribution is -2.09. The van der Waals surface area contributed by atoms with Gasteiger partial charge in [0.15, 0.2) is 0 Å². The van der Waals surface area contributed by atoms with Crippen LogP contribution in [0.3, 0.4) is 0 Å². The van der Waals surface area contributed by atoms with Crippen LogP contribution in [-0.4, -0.2) is 29.1 Å². The lowest BCUT2D eigenvalue weighted by Gasteiger charge is -2.10. The minimum absolute atomic E-state index is 0.215. The van der Waals surface area contributed by atoms with E-state index in [1.807, 2.05) is 30.3 Å². The molecule has 6 nitrogen and oxygen atoms in total. The van der Waals surface area contributed by atoms with E-state index in [-0.39, 0.29) is 5.56 Å². The first-order valence-corrected chi connectivity index (χ1v) is 7.03. The zero-order valence-corrected chi connectivity index (χ0v) is 12.9. The molecule has 0 aliphatic rings. The Morgan fingerprint density at radius 1 is 1.04 bits per heavy atom. The van der Waals surface area contributed by atoms with Gasteiger partial charge in [-0.1, -0.05) is 30.3 Å². The molecular formula is C18H16O6. The van der Waals surface area contributed by atoms with Crippen molar-refractivity contribution in [1.29, 1.82) is 0 Å². The Balaban J connectivity index is 2.23. The summed E-state index contributed by atoms with van der Waals surface area (Å²) in [5.41, 5.74) is 1.18. The van der Waals surface area contributed by atoms with Crippen molar-refractivity contribution in [2.45, 2.75) is 6.61 Å². The molecule has 0 saturated heterocycles. The maximum Gasteiger partial charge on any atom is 0.376 e. The third kappa shape index (κ3) is 4.61. The van der Waals surface area contributed by atoms with E-state index < -0.39 is 17.5 Å². The Hall–Kier alpha value is -3.28. The van der Waals surface area contributed by atoms with Crippen molar-refractivity contribution in [3.63, 3.8) is 0 Å². The van der Waals surface area contributed by atoms with E-state index in [4.69, 9.17) is 14.6 Å². The number of hydrogen-bond acceptors (Lipinski definition) is 5. The Bertz CT molecular complexity index is 764. The molecule has 0 saturated carbocycles. The molecule has 0 heterocycles. The second-order valence-electron chi connectivity index (χ2n) is 4.87. The fourth-order valence-electron chi connectivity index (χ4n) is 1.93. The fourth-order valence-corrected chi connectivity index (χ4v) is 1.93. The number of aliphatic hydroxyl groups is 1. The maximum atomic E-state index is 11.2. The third-order valence-electron chi connectivity index (χ3n) is 3.14. The zero-order chi connectivity index (χ0) is 17.5. The summed E-state index contributed by atoms with van der Waals surface area (Å²) in [4.78, 5) is 21.7. The van der Waals surface area contributed by atoms with Gasteiger partial charge >= 0.3 is 5.97 Å². The standard InChI is InChI=1S/C18H16O6/c1-23-14-7-13(16(19)10-17(20)18(21)22)8-15(9-14)24-11-12-5-3-2-4-6-12/h2-10,19H,11H2,1H3,(H,21,22). The molecule has 0 aliphatic heterocycles. The van der Waals surface area contributed by atoms with E-state index in [1.54, 1.807) is 6.07 Å². The molecule has 124 valence electrons. The van der Waals surface area contributed by atoms with Crippen LogP contribution in [0, 0.1) is 0 Å². The van der Waals surface area contributed by atoms with E-state index in [1.165, 1.54) is 19.2 Å². The van der Waals surface area contributed by atoms with Crippen LogP contribution >= 0.6 is 0 Å². The average Bonchev–Trinajstić information content (AvgIpc) is 2.60. The number of methoxy groups -OCH3 is 1. The number of benzene rings is 2. The number of ketones is 1. The number of carbonyl (C=O) groups excluding carboxylic acids is 1. The molecule has 0 aromatic heterocycles. The van der Waals surface area contributed by atoms with Crippen molar-refractivity contribution in [2.24, 2.45) is 0 Å². The lowest BCUT2D eigenvalue weighted by atomic mass is 10.1. The second-order valence-corrected chi connectivity index (χ2v) is 4.87. The number of carbonyl (C=O) groups is 2. The molecule has 0 spiro atoms. The highest BCUT2D eigenvalue weighted by Crippen LogP contribution is 2.27. The molecule has 6 heteroatoms. The number of aliphatic hydroxyl groups excluding tert-OH is 1. The lowest BCUT2D eigenvalue weighted by molar-refractivity contribution is -0.146.